The number of carbonyl (C=O) groups is 2. The lowest BCUT2D eigenvalue weighted by Gasteiger charge is -2.21. The molecule has 5 nitrogen and oxygen atoms in total. The van der Waals surface area contributed by atoms with Gasteiger partial charge in [0.15, 0.2) is 6.04 Å². The third-order valence-electron chi connectivity index (χ3n) is 4.67. The minimum Gasteiger partial charge on any atom is -0.342 e. The summed E-state index contributed by atoms with van der Waals surface area (Å²) in [7, 11) is 1.95. The molecule has 27 heavy (non-hydrogen) atoms. The van der Waals surface area contributed by atoms with Crippen molar-refractivity contribution in [2.75, 3.05) is 18.9 Å². The summed E-state index contributed by atoms with van der Waals surface area (Å²) < 4.78 is 0. The molecule has 2 atom stereocenters. The summed E-state index contributed by atoms with van der Waals surface area (Å²) in [4.78, 5) is 25.6. The van der Waals surface area contributed by atoms with Crippen molar-refractivity contribution in [2.45, 2.75) is 33.4 Å². The molecule has 0 fully saturated rings. The first kappa shape index (κ1) is 20.9. The van der Waals surface area contributed by atoms with Gasteiger partial charge in [-0.3, -0.25) is 9.59 Å². The van der Waals surface area contributed by atoms with E-state index in [4.69, 9.17) is 11.6 Å². The fraction of sp³-hybridized carbons (Fsp3) is 0.333. The summed E-state index contributed by atoms with van der Waals surface area (Å²) in [5.41, 5.74) is 3.85. The largest absolute Gasteiger partial charge is 0.342 e. The van der Waals surface area contributed by atoms with Crippen molar-refractivity contribution in [1.29, 1.82) is 0 Å². The number of rotatable bonds is 7. The summed E-state index contributed by atoms with van der Waals surface area (Å²) >= 11 is 6.01. The Morgan fingerprint density at radius 1 is 1.11 bits per heavy atom. The van der Waals surface area contributed by atoms with Gasteiger partial charge in [0, 0.05) is 16.3 Å². The number of benzene rings is 2. The maximum Gasteiger partial charge on any atom is 0.278 e. The average Bonchev–Trinajstić information content (AvgIpc) is 2.62. The molecule has 144 valence electrons. The highest BCUT2D eigenvalue weighted by Gasteiger charge is 2.22. The molecule has 0 spiro atoms. The van der Waals surface area contributed by atoms with Crippen molar-refractivity contribution in [3.63, 3.8) is 0 Å². The molecule has 2 rings (SSSR count). The summed E-state index contributed by atoms with van der Waals surface area (Å²) in [6.07, 6.45) is 0. The SMILES string of the molecule is Cc1cccc(C)c1NC(=O)CNC(=O)[C@H](C)[NH+](C)Cc1cccc(Cl)c1. The Labute approximate surface area is 165 Å². The summed E-state index contributed by atoms with van der Waals surface area (Å²) in [5.74, 6) is -0.397. The Hall–Kier alpha value is -2.37. The molecule has 0 radical (unpaired) electrons. The normalized spacial score (nSPS) is 12.9. The lowest BCUT2D eigenvalue weighted by Crippen LogP contribution is -3.12. The molecule has 0 aromatic heterocycles. The van der Waals surface area contributed by atoms with Crippen LogP contribution in [0, 0.1) is 13.8 Å². The van der Waals surface area contributed by atoms with Gasteiger partial charge in [0.1, 0.15) is 6.54 Å². The molecule has 1 unspecified atom stereocenters. The van der Waals surface area contributed by atoms with Crippen LogP contribution in [0.3, 0.4) is 0 Å². The van der Waals surface area contributed by atoms with Crippen molar-refractivity contribution >= 4 is 29.1 Å². The van der Waals surface area contributed by atoms with Gasteiger partial charge in [-0.2, -0.15) is 0 Å². The van der Waals surface area contributed by atoms with Crippen molar-refractivity contribution in [3.8, 4) is 0 Å². The van der Waals surface area contributed by atoms with Gasteiger partial charge in [-0.05, 0) is 44.0 Å². The van der Waals surface area contributed by atoms with E-state index in [0.29, 0.717) is 11.6 Å². The van der Waals surface area contributed by atoms with Gasteiger partial charge in [0.05, 0.1) is 13.6 Å². The van der Waals surface area contributed by atoms with E-state index in [2.05, 4.69) is 10.6 Å². The number of hydrogen-bond acceptors (Lipinski definition) is 2. The van der Waals surface area contributed by atoms with Crippen molar-refractivity contribution < 1.29 is 14.5 Å². The van der Waals surface area contributed by atoms with Crippen LogP contribution in [0.2, 0.25) is 5.02 Å². The van der Waals surface area contributed by atoms with Crippen LogP contribution in [0.25, 0.3) is 0 Å². The molecule has 0 heterocycles. The Balaban J connectivity index is 1.86. The van der Waals surface area contributed by atoms with E-state index < -0.39 is 0 Å². The number of aryl methyl sites for hydroxylation is 2. The predicted molar refractivity (Wildman–Crippen MR) is 109 cm³/mol. The van der Waals surface area contributed by atoms with Gasteiger partial charge in [-0.25, -0.2) is 0 Å². The first-order chi connectivity index (χ1) is 12.8. The topological polar surface area (TPSA) is 62.6 Å². The summed E-state index contributed by atoms with van der Waals surface area (Å²) in [5, 5.41) is 6.28. The number of anilines is 1. The quantitative estimate of drug-likeness (QED) is 0.680. The summed E-state index contributed by atoms with van der Waals surface area (Å²) in [6, 6.07) is 13.1. The molecular formula is C21H27ClN3O2+. The molecule has 6 heteroatoms. The third kappa shape index (κ3) is 6.08. The number of amides is 2. The van der Waals surface area contributed by atoms with Gasteiger partial charge in [-0.15, -0.1) is 0 Å². The zero-order valence-corrected chi connectivity index (χ0v) is 17.0. The molecule has 0 bridgehead atoms. The van der Waals surface area contributed by atoms with Crippen LogP contribution in [-0.4, -0.2) is 31.4 Å². The lowest BCUT2D eigenvalue weighted by molar-refractivity contribution is -0.908. The average molecular weight is 389 g/mol. The van der Waals surface area contributed by atoms with Crippen molar-refractivity contribution in [1.82, 2.24) is 5.32 Å². The summed E-state index contributed by atoms with van der Waals surface area (Å²) in [6.45, 7) is 6.35. The number of halogens is 1. The smallest absolute Gasteiger partial charge is 0.278 e. The molecule has 0 saturated carbocycles. The van der Waals surface area contributed by atoms with Crippen LogP contribution >= 0.6 is 11.6 Å². The van der Waals surface area contributed by atoms with Gasteiger partial charge in [0.25, 0.3) is 5.91 Å². The fourth-order valence-corrected chi connectivity index (χ4v) is 3.07. The maximum atomic E-state index is 12.4. The molecule has 2 aromatic rings. The number of para-hydroxylation sites is 1. The molecule has 2 amide bonds. The monoisotopic (exact) mass is 388 g/mol. The molecule has 3 N–H and O–H groups in total. The molecular weight excluding hydrogens is 362 g/mol. The fourth-order valence-electron chi connectivity index (χ4n) is 2.86. The van der Waals surface area contributed by atoms with Crippen LogP contribution in [-0.2, 0) is 16.1 Å². The minimum absolute atomic E-state index is 0.0542. The molecule has 0 saturated heterocycles. The van der Waals surface area contributed by atoms with Crippen LogP contribution in [0.1, 0.15) is 23.6 Å². The second-order valence-corrected chi connectivity index (χ2v) is 7.34. The van der Waals surface area contributed by atoms with Gasteiger partial charge >= 0.3 is 0 Å². The number of quaternary nitrogens is 1. The van der Waals surface area contributed by atoms with E-state index >= 15 is 0 Å². The second-order valence-electron chi connectivity index (χ2n) is 6.91. The Bertz CT molecular complexity index is 803. The van der Waals surface area contributed by atoms with Crippen LogP contribution in [0.4, 0.5) is 5.69 Å². The number of nitrogens with one attached hydrogen (secondary N) is 3. The van der Waals surface area contributed by atoms with E-state index in [1.807, 2.05) is 70.3 Å². The number of carbonyl (C=O) groups excluding carboxylic acids is 2. The highest BCUT2D eigenvalue weighted by atomic mass is 35.5. The maximum absolute atomic E-state index is 12.4. The van der Waals surface area contributed by atoms with E-state index in [1.165, 1.54) is 0 Å². The predicted octanol–water partition coefficient (Wildman–Crippen LogP) is 2.11. The van der Waals surface area contributed by atoms with Crippen molar-refractivity contribution in [3.05, 3.63) is 64.2 Å². The molecule has 0 aliphatic rings. The lowest BCUT2D eigenvalue weighted by atomic mass is 10.1. The van der Waals surface area contributed by atoms with E-state index in [-0.39, 0.29) is 24.4 Å². The highest BCUT2D eigenvalue weighted by Crippen LogP contribution is 2.18. The van der Waals surface area contributed by atoms with Gasteiger partial charge < -0.3 is 15.5 Å². The Morgan fingerprint density at radius 2 is 1.74 bits per heavy atom. The van der Waals surface area contributed by atoms with Crippen LogP contribution in [0.15, 0.2) is 42.5 Å². The Kier molecular flexibility index (Phi) is 7.39. The minimum atomic E-state index is -0.294. The van der Waals surface area contributed by atoms with Gasteiger partial charge in [0.2, 0.25) is 5.91 Å². The standard InChI is InChI=1S/C21H26ClN3O2/c1-14-7-5-8-15(2)20(14)24-19(26)12-23-21(27)16(3)25(4)13-17-9-6-10-18(22)11-17/h5-11,16H,12-13H2,1-4H3,(H,23,27)(H,24,26)/p+1/t16-/m0/s1. The highest BCUT2D eigenvalue weighted by molar-refractivity contribution is 6.30. The van der Waals surface area contributed by atoms with E-state index in [9.17, 15) is 9.59 Å². The number of likely N-dealkylation sites (N-methyl/N-ethyl adjacent to an activating group) is 1. The first-order valence-corrected chi connectivity index (χ1v) is 9.36. The van der Waals surface area contributed by atoms with Crippen LogP contribution in [0.5, 0.6) is 0 Å². The zero-order chi connectivity index (χ0) is 20.0. The third-order valence-corrected chi connectivity index (χ3v) is 4.91. The molecule has 2 aromatic carbocycles. The first-order valence-electron chi connectivity index (χ1n) is 8.98. The van der Waals surface area contributed by atoms with E-state index in [1.54, 1.807) is 0 Å². The van der Waals surface area contributed by atoms with Crippen molar-refractivity contribution in [2.24, 2.45) is 0 Å². The second kappa shape index (κ2) is 9.53. The Morgan fingerprint density at radius 3 is 2.37 bits per heavy atom. The zero-order valence-electron chi connectivity index (χ0n) is 16.2. The van der Waals surface area contributed by atoms with E-state index in [0.717, 1.165) is 27.3 Å². The van der Waals surface area contributed by atoms with Gasteiger partial charge in [-0.1, -0.05) is 41.9 Å². The molecule has 0 aliphatic heterocycles. The van der Waals surface area contributed by atoms with Crippen LogP contribution < -0.4 is 15.5 Å². The molecule has 0 aliphatic carbocycles. The number of hydrogen-bond donors (Lipinski definition) is 3.